The summed E-state index contributed by atoms with van der Waals surface area (Å²) in [6, 6.07) is 4.22. The second-order valence-electron chi connectivity index (χ2n) is 3.52. The Labute approximate surface area is 117 Å². The second-order valence-corrected chi connectivity index (χ2v) is 4.31. The van der Waals surface area contributed by atoms with Gasteiger partial charge in [0, 0.05) is 5.56 Å². The van der Waals surface area contributed by atoms with Crippen molar-refractivity contribution in [2.24, 2.45) is 0 Å². The van der Waals surface area contributed by atoms with Gasteiger partial charge in [-0.3, -0.25) is 0 Å². The quantitative estimate of drug-likeness (QED) is 0.788. The van der Waals surface area contributed by atoms with Crippen LogP contribution in [0, 0.1) is 17.1 Å². The summed E-state index contributed by atoms with van der Waals surface area (Å²) in [6.07, 6.45) is 0. The van der Waals surface area contributed by atoms with Crippen molar-refractivity contribution in [3.05, 3.63) is 33.6 Å². The molecule has 0 aliphatic rings. The molecule has 0 radical (unpaired) electrons. The van der Waals surface area contributed by atoms with Crippen LogP contribution in [0.25, 0.3) is 11.3 Å². The van der Waals surface area contributed by atoms with Crippen LogP contribution in [0.2, 0.25) is 10.0 Å². The lowest BCUT2D eigenvalue weighted by atomic mass is 10.1. The topological polar surface area (TPSA) is 102 Å². The van der Waals surface area contributed by atoms with E-state index in [1.54, 1.807) is 0 Å². The standard InChI is InChI=1S/C11H6Cl2FN5/c12-5-1-2-6(14)8(13)7(5)9-4(3-15)10(16)19-11(17)18-9/h1-2H,(H4,16,17,18,19). The fraction of sp³-hybridized carbons (Fsp3) is 0. The molecule has 0 saturated heterocycles. The number of nitriles is 1. The summed E-state index contributed by atoms with van der Waals surface area (Å²) >= 11 is 11.8. The highest BCUT2D eigenvalue weighted by atomic mass is 35.5. The van der Waals surface area contributed by atoms with E-state index in [4.69, 9.17) is 39.9 Å². The SMILES string of the molecule is N#Cc1c(N)nc(N)nc1-c1c(Cl)ccc(F)c1Cl. The van der Waals surface area contributed by atoms with E-state index in [9.17, 15) is 4.39 Å². The normalized spacial score (nSPS) is 10.2. The van der Waals surface area contributed by atoms with Crippen LogP contribution in [0.4, 0.5) is 16.2 Å². The molecule has 0 bridgehead atoms. The molecule has 0 atom stereocenters. The lowest BCUT2D eigenvalue weighted by Gasteiger charge is -2.10. The van der Waals surface area contributed by atoms with Gasteiger partial charge < -0.3 is 11.5 Å². The number of nitrogens with zero attached hydrogens (tertiary/aromatic N) is 3. The predicted octanol–water partition coefficient (Wildman–Crippen LogP) is 2.63. The molecule has 96 valence electrons. The lowest BCUT2D eigenvalue weighted by Crippen LogP contribution is -2.05. The van der Waals surface area contributed by atoms with Gasteiger partial charge in [-0.05, 0) is 12.1 Å². The largest absolute Gasteiger partial charge is 0.382 e. The molecule has 2 rings (SSSR count). The molecule has 19 heavy (non-hydrogen) atoms. The Morgan fingerprint density at radius 2 is 1.89 bits per heavy atom. The Kier molecular flexibility index (Phi) is 3.42. The first-order valence-corrected chi connectivity index (χ1v) is 5.68. The zero-order chi connectivity index (χ0) is 14.2. The molecule has 4 N–H and O–H groups in total. The number of anilines is 2. The molecule has 5 nitrogen and oxygen atoms in total. The van der Waals surface area contributed by atoms with Crippen molar-refractivity contribution in [1.82, 2.24) is 9.97 Å². The first-order chi connectivity index (χ1) is 8.95. The van der Waals surface area contributed by atoms with E-state index in [1.165, 1.54) is 6.07 Å². The average Bonchev–Trinajstić information content (AvgIpc) is 2.34. The van der Waals surface area contributed by atoms with E-state index in [0.717, 1.165) is 6.07 Å². The van der Waals surface area contributed by atoms with Crippen molar-refractivity contribution in [1.29, 1.82) is 5.26 Å². The van der Waals surface area contributed by atoms with Crippen LogP contribution >= 0.6 is 23.2 Å². The van der Waals surface area contributed by atoms with E-state index in [-0.39, 0.29) is 38.6 Å². The molecule has 0 unspecified atom stereocenters. The number of halogens is 3. The summed E-state index contributed by atoms with van der Waals surface area (Å²) in [7, 11) is 0. The van der Waals surface area contributed by atoms with Crippen molar-refractivity contribution < 1.29 is 4.39 Å². The number of rotatable bonds is 1. The number of hydrogen-bond acceptors (Lipinski definition) is 5. The molecule has 1 aromatic heterocycles. The highest BCUT2D eigenvalue weighted by Gasteiger charge is 2.20. The molecule has 0 aliphatic carbocycles. The van der Waals surface area contributed by atoms with Crippen LogP contribution in [0.15, 0.2) is 12.1 Å². The molecule has 0 fully saturated rings. The van der Waals surface area contributed by atoms with Gasteiger partial charge in [-0.15, -0.1) is 0 Å². The minimum atomic E-state index is -0.694. The maximum atomic E-state index is 13.5. The molecule has 0 amide bonds. The Balaban J connectivity index is 2.87. The molecule has 1 heterocycles. The summed E-state index contributed by atoms with van der Waals surface area (Å²) in [6.45, 7) is 0. The molecule has 1 aromatic carbocycles. The fourth-order valence-electron chi connectivity index (χ4n) is 1.53. The van der Waals surface area contributed by atoms with Crippen LogP contribution in [-0.4, -0.2) is 9.97 Å². The van der Waals surface area contributed by atoms with E-state index >= 15 is 0 Å². The zero-order valence-electron chi connectivity index (χ0n) is 9.28. The zero-order valence-corrected chi connectivity index (χ0v) is 10.8. The first-order valence-electron chi connectivity index (χ1n) is 4.92. The minimum absolute atomic E-state index is 0.00185. The summed E-state index contributed by atoms with van der Waals surface area (Å²) in [5.41, 5.74) is 11.0. The number of hydrogen-bond donors (Lipinski definition) is 2. The van der Waals surface area contributed by atoms with Crippen molar-refractivity contribution >= 4 is 35.0 Å². The number of benzene rings is 1. The van der Waals surface area contributed by atoms with E-state index in [0.29, 0.717) is 0 Å². The molecule has 2 aromatic rings. The summed E-state index contributed by atoms with van der Waals surface area (Å²) in [5, 5.41) is 8.93. The third kappa shape index (κ3) is 2.26. The average molecular weight is 298 g/mol. The smallest absolute Gasteiger partial charge is 0.222 e. The fourth-order valence-corrected chi connectivity index (χ4v) is 2.08. The molecule has 0 spiro atoms. The number of nitrogen functional groups attached to an aromatic ring is 2. The molecular formula is C11H6Cl2FN5. The van der Waals surface area contributed by atoms with Gasteiger partial charge in [0.25, 0.3) is 0 Å². The Morgan fingerprint density at radius 1 is 1.21 bits per heavy atom. The van der Waals surface area contributed by atoms with Gasteiger partial charge in [0.1, 0.15) is 23.3 Å². The van der Waals surface area contributed by atoms with Crippen LogP contribution in [0.5, 0.6) is 0 Å². The van der Waals surface area contributed by atoms with Gasteiger partial charge in [0.2, 0.25) is 5.95 Å². The first kappa shape index (κ1) is 13.3. The van der Waals surface area contributed by atoms with Gasteiger partial charge in [0.15, 0.2) is 0 Å². The van der Waals surface area contributed by atoms with Gasteiger partial charge in [-0.1, -0.05) is 23.2 Å². The van der Waals surface area contributed by atoms with Crippen LogP contribution < -0.4 is 11.5 Å². The number of aromatic nitrogens is 2. The van der Waals surface area contributed by atoms with E-state index in [1.807, 2.05) is 6.07 Å². The third-order valence-corrected chi connectivity index (χ3v) is 3.03. The van der Waals surface area contributed by atoms with Crippen molar-refractivity contribution in [2.45, 2.75) is 0 Å². The molecule has 0 saturated carbocycles. The summed E-state index contributed by atoms with van der Waals surface area (Å²) < 4.78 is 13.5. The van der Waals surface area contributed by atoms with Crippen molar-refractivity contribution in [2.75, 3.05) is 11.5 Å². The van der Waals surface area contributed by atoms with E-state index in [2.05, 4.69) is 9.97 Å². The monoisotopic (exact) mass is 297 g/mol. The van der Waals surface area contributed by atoms with Gasteiger partial charge in [-0.2, -0.15) is 10.2 Å². The van der Waals surface area contributed by atoms with Gasteiger partial charge in [-0.25, -0.2) is 9.37 Å². The Morgan fingerprint density at radius 3 is 2.53 bits per heavy atom. The highest BCUT2D eigenvalue weighted by Crippen LogP contribution is 2.38. The third-order valence-electron chi connectivity index (χ3n) is 2.35. The number of nitrogens with two attached hydrogens (primary N) is 2. The van der Waals surface area contributed by atoms with Gasteiger partial charge in [0.05, 0.1) is 15.7 Å². The second kappa shape index (κ2) is 4.88. The predicted molar refractivity (Wildman–Crippen MR) is 71.0 cm³/mol. The van der Waals surface area contributed by atoms with Crippen LogP contribution in [0.3, 0.4) is 0 Å². The molecule has 0 aliphatic heterocycles. The lowest BCUT2D eigenvalue weighted by molar-refractivity contribution is 0.628. The van der Waals surface area contributed by atoms with Crippen molar-refractivity contribution in [3.8, 4) is 17.3 Å². The maximum absolute atomic E-state index is 13.5. The van der Waals surface area contributed by atoms with E-state index < -0.39 is 5.82 Å². The molecular weight excluding hydrogens is 292 g/mol. The molecule has 8 heteroatoms. The van der Waals surface area contributed by atoms with Crippen LogP contribution in [0.1, 0.15) is 5.56 Å². The van der Waals surface area contributed by atoms with Gasteiger partial charge >= 0.3 is 0 Å². The Hall–Kier alpha value is -2.10. The Bertz CT molecular complexity index is 711. The van der Waals surface area contributed by atoms with Crippen LogP contribution in [-0.2, 0) is 0 Å². The highest BCUT2D eigenvalue weighted by molar-refractivity contribution is 6.39. The minimum Gasteiger partial charge on any atom is -0.382 e. The summed E-state index contributed by atoms with van der Waals surface area (Å²) in [5.74, 6) is -0.981. The maximum Gasteiger partial charge on any atom is 0.222 e. The van der Waals surface area contributed by atoms with Crippen molar-refractivity contribution in [3.63, 3.8) is 0 Å². The summed E-state index contributed by atoms with van der Waals surface area (Å²) in [4.78, 5) is 7.52.